The number of Topliss-reactive ketones (excluding diaryl/α,β-unsaturated/α-hetero) is 1. The number of hydrogen-bond acceptors (Lipinski definition) is 3. The number of hydrogen-bond donors (Lipinski definition) is 0. The van der Waals surface area contributed by atoms with E-state index in [1.54, 1.807) is 0 Å². The number of halogens is 5. The van der Waals surface area contributed by atoms with E-state index in [1.165, 1.54) is 0 Å². The maximum Gasteiger partial charge on any atom is 0.435 e. The van der Waals surface area contributed by atoms with Crippen molar-refractivity contribution in [2.24, 2.45) is 0 Å². The zero-order valence-corrected chi connectivity index (χ0v) is 11.7. The lowest BCUT2D eigenvalue weighted by atomic mass is 9.94. The molecule has 0 atom stereocenters. The number of ketones is 1. The molecule has 1 aliphatic rings. The standard InChI is InChI=1S/C13H8ClF4N3O/c14-7-4-10(19-5-8(7)15)21-11-6(2-1-3-9(11)22)12(20-21)13(16,17)18/h4-5H,1-3H2. The minimum Gasteiger partial charge on any atom is -0.292 e. The average molecular weight is 334 g/mol. The molecule has 0 bridgehead atoms. The van der Waals surface area contributed by atoms with Crippen LogP contribution in [-0.4, -0.2) is 20.5 Å². The van der Waals surface area contributed by atoms with Gasteiger partial charge in [0.05, 0.1) is 11.2 Å². The average Bonchev–Trinajstić information content (AvgIpc) is 2.83. The predicted molar refractivity (Wildman–Crippen MR) is 68.6 cm³/mol. The highest BCUT2D eigenvalue weighted by Crippen LogP contribution is 2.36. The quantitative estimate of drug-likeness (QED) is 0.749. The van der Waals surface area contributed by atoms with E-state index in [9.17, 15) is 22.4 Å². The van der Waals surface area contributed by atoms with Crippen LogP contribution in [0.1, 0.15) is 34.6 Å². The van der Waals surface area contributed by atoms with Crippen LogP contribution in [-0.2, 0) is 12.6 Å². The molecule has 0 N–H and O–H groups in total. The molecule has 0 aliphatic heterocycles. The van der Waals surface area contributed by atoms with E-state index in [0.717, 1.165) is 16.9 Å². The minimum absolute atomic E-state index is 0.102. The fourth-order valence-corrected chi connectivity index (χ4v) is 2.58. The Bertz CT molecular complexity index is 769. The zero-order chi connectivity index (χ0) is 16.1. The van der Waals surface area contributed by atoms with Gasteiger partial charge < -0.3 is 0 Å². The molecule has 4 nitrogen and oxygen atoms in total. The van der Waals surface area contributed by atoms with Gasteiger partial charge in [0.15, 0.2) is 23.1 Å². The van der Waals surface area contributed by atoms with E-state index in [1.807, 2.05) is 0 Å². The van der Waals surface area contributed by atoms with Gasteiger partial charge in [-0.1, -0.05) is 11.6 Å². The molecule has 2 aromatic rings. The van der Waals surface area contributed by atoms with Gasteiger partial charge in [-0.3, -0.25) is 4.79 Å². The zero-order valence-electron chi connectivity index (χ0n) is 10.9. The number of carbonyl (C=O) groups excluding carboxylic acids is 1. The Morgan fingerprint density at radius 3 is 2.64 bits per heavy atom. The number of fused-ring (bicyclic) bond motifs is 1. The van der Waals surface area contributed by atoms with Crippen LogP contribution in [0.3, 0.4) is 0 Å². The molecule has 9 heteroatoms. The van der Waals surface area contributed by atoms with Crippen molar-refractivity contribution in [2.45, 2.75) is 25.4 Å². The molecule has 1 aliphatic carbocycles. The third-order valence-electron chi connectivity index (χ3n) is 3.36. The van der Waals surface area contributed by atoms with Crippen LogP contribution in [0.25, 0.3) is 5.82 Å². The molecule has 0 aromatic carbocycles. The molecule has 0 saturated carbocycles. The van der Waals surface area contributed by atoms with Crippen LogP contribution < -0.4 is 0 Å². The van der Waals surface area contributed by atoms with Crippen LogP contribution in [0, 0.1) is 5.82 Å². The highest BCUT2D eigenvalue weighted by molar-refractivity contribution is 6.30. The minimum atomic E-state index is -4.68. The third-order valence-corrected chi connectivity index (χ3v) is 3.65. The molecule has 0 amide bonds. The molecule has 0 fully saturated rings. The molecule has 0 radical (unpaired) electrons. The molecule has 2 heterocycles. The fraction of sp³-hybridized carbons (Fsp3) is 0.308. The smallest absolute Gasteiger partial charge is 0.292 e. The number of rotatable bonds is 1. The second-order valence-electron chi connectivity index (χ2n) is 4.82. The Labute approximate surface area is 126 Å². The lowest BCUT2D eigenvalue weighted by molar-refractivity contribution is -0.142. The van der Waals surface area contributed by atoms with Crippen molar-refractivity contribution in [1.29, 1.82) is 0 Å². The fourth-order valence-electron chi connectivity index (χ4n) is 2.43. The molecule has 2 aromatic heterocycles. The van der Waals surface area contributed by atoms with Crippen molar-refractivity contribution in [2.75, 3.05) is 0 Å². The number of pyridine rings is 1. The molecular formula is C13H8ClF4N3O. The SMILES string of the molecule is O=C1CCCc2c(C(F)(F)F)nn(-c3cc(Cl)c(F)cn3)c21. The molecule has 0 spiro atoms. The Morgan fingerprint density at radius 2 is 2.00 bits per heavy atom. The predicted octanol–water partition coefficient (Wildman–Crippen LogP) is 3.60. The highest BCUT2D eigenvalue weighted by Gasteiger charge is 2.41. The maximum atomic E-state index is 13.2. The largest absolute Gasteiger partial charge is 0.435 e. The van der Waals surface area contributed by atoms with Crippen LogP contribution >= 0.6 is 11.6 Å². The molecular weight excluding hydrogens is 326 g/mol. The summed E-state index contributed by atoms with van der Waals surface area (Å²) in [5, 5.41) is 3.17. The monoisotopic (exact) mass is 333 g/mol. The molecule has 3 rings (SSSR count). The van der Waals surface area contributed by atoms with Crippen molar-refractivity contribution in [3.05, 3.63) is 40.1 Å². The summed E-state index contributed by atoms with van der Waals surface area (Å²) < 4.78 is 53.2. The van der Waals surface area contributed by atoms with Gasteiger partial charge in [0.25, 0.3) is 0 Å². The molecule has 116 valence electrons. The van der Waals surface area contributed by atoms with E-state index in [4.69, 9.17) is 11.6 Å². The van der Waals surface area contributed by atoms with Crippen molar-refractivity contribution in [3.63, 3.8) is 0 Å². The Hall–Kier alpha value is -1.96. The second-order valence-corrected chi connectivity index (χ2v) is 5.23. The summed E-state index contributed by atoms with van der Waals surface area (Å²) in [7, 11) is 0. The lowest BCUT2D eigenvalue weighted by Crippen LogP contribution is -2.16. The van der Waals surface area contributed by atoms with Gasteiger partial charge in [-0.25, -0.2) is 14.1 Å². The van der Waals surface area contributed by atoms with Crippen LogP contribution in [0.2, 0.25) is 5.02 Å². The van der Waals surface area contributed by atoms with Gasteiger partial charge in [0.1, 0.15) is 5.69 Å². The first kappa shape index (κ1) is 15.0. The van der Waals surface area contributed by atoms with Crippen LogP contribution in [0.5, 0.6) is 0 Å². The van der Waals surface area contributed by atoms with Gasteiger partial charge >= 0.3 is 6.18 Å². The first-order valence-electron chi connectivity index (χ1n) is 6.32. The van der Waals surface area contributed by atoms with Gasteiger partial charge in [0, 0.05) is 18.1 Å². The Balaban J connectivity index is 2.25. The second kappa shape index (κ2) is 5.05. The summed E-state index contributed by atoms with van der Waals surface area (Å²) in [6.07, 6.45) is -3.35. The summed E-state index contributed by atoms with van der Waals surface area (Å²) in [5.41, 5.74) is -1.42. The number of aromatic nitrogens is 3. The summed E-state index contributed by atoms with van der Waals surface area (Å²) in [4.78, 5) is 15.7. The topological polar surface area (TPSA) is 47.8 Å². The van der Waals surface area contributed by atoms with E-state index < -0.39 is 23.5 Å². The summed E-state index contributed by atoms with van der Waals surface area (Å²) >= 11 is 5.62. The lowest BCUT2D eigenvalue weighted by Gasteiger charge is -2.13. The van der Waals surface area contributed by atoms with Gasteiger partial charge in [-0.15, -0.1) is 0 Å². The van der Waals surface area contributed by atoms with Crippen molar-refractivity contribution in [1.82, 2.24) is 14.8 Å². The molecule has 22 heavy (non-hydrogen) atoms. The maximum absolute atomic E-state index is 13.2. The Morgan fingerprint density at radius 1 is 1.27 bits per heavy atom. The third kappa shape index (κ3) is 2.37. The van der Waals surface area contributed by atoms with E-state index in [-0.39, 0.29) is 34.9 Å². The van der Waals surface area contributed by atoms with E-state index in [2.05, 4.69) is 10.1 Å². The normalized spacial score (nSPS) is 15.0. The summed E-state index contributed by atoms with van der Waals surface area (Å²) in [5.74, 6) is -1.39. The van der Waals surface area contributed by atoms with E-state index >= 15 is 0 Å². The van der Waals surface area contributed by atoms with Crippen molar-refractivity contribution < 1.29 is 22.4 Å². The summed E-state index contributed by atoms with van der Waals surface area (Å²) in [6.45, 7) is 0. The van der Waals surface area contributed by atoms with Crippen molar-refractivity contribution in [3.8, 4) is 5.82 Å². The molecule has 0 saturated heterocycles. The number of alkyl halides is 3. The van der Waals surface area contributed by atoms with Gasteiger partial charge in [-0.2, -0.15) is 18.3 Å². The number of nitrogens with zero attached hydrogens (tertiary/aromatic N) is 3. The van der Waals surface area contributed by atoms with Gasteiger partial charge in [-0.05, 0) is 12.8 Å². The van der Waals surface area contributed by atoms with Crippen molar-refractivity contribution >= 4 is 17.4 Å². The first-order chi connectivity index (χ1) is 10.3. The van der Waals surface area contributed by atoms with Crippen LogP contribution in [0.15, 0.2) is 12.3 Å². The van der Waals surface area contributed by atoms with E-state index in [0.29, 0.717) is 6.42 Å². The van der Waals surface area contributed by atoms with Crippen LogP contribution in [0.4, 0.5) is 17.6 Å². The number of carbonyl (C=O) groups is 1. The summed E-state index contributed by atoms with van der Waals surface area (Å²) in [6, 6.07) is 1.03. The Kier molecular flexibility index (Phi) is 3.43. The van der Waals surface area contributed by atoms with Gasteiger partial charge in [0.2, 0.25) is 0 Å². The first-order valence-corrected chi connectivity index (χ1v) is 6.70. The molecule has 0 unspecified atom stereocenters. The highest BCUT2D eigenvalue weighted by atomic mass is 35.5.